The lowest BCUT2D eigenvalue weighted by Crippen LogP contribution is -2.23. The van der Waals surface area contributed by atoms with Gasteiger partial charge in [-0.05, 0) is 30.0 Å². The summed E-state index contributed by atoms with van der Waals surface area (Å²) < 4.78 is 5.43. The van der Waals surface area contributed by atoms with Crippen LogP contribution in [0.15, 0.2) is 46.3 Å². The molecule has 0 spiro atoms. The Morgan fingerprint density at radius 2 is 2.17 bits per heavy atom. The molecule has 0 bridgehead atoms. The number of aromatic nitrogens is 2. The van der Waals surface area contributed by atoms with Crippen LogP contribution in [-0.2, 0) is 11.3 Å². The molecular weight excluding hydrogens is 322 g/mol. The number of hydrogen-bond donors (Lipinski definition) is 0. The number of hydrogen-bond acceptors (Lipinski definition) is 5. The van der Waals surface area contributed by atoms with Crippen LogP contribution < -0.4 is 0 Å². The Kier molecular flexibility index (Phi) is 3.90. The van der Waals surface area contributed by atoms with E-state index in [1.807, 2.05) is 47.5 Å². The van der Waals surface area contributed by atoms with Gasteiger partial charge in [0.1, 0.15) is 0 Å². The second-order valence-electron chi connectivity index (χ2n) is 6.03. The molecule has 4 rings (SSSR count). The summed E-state index contributed by atoms with van der Waals surface area (Å²) in [6.07, 6.45) is 0.443. The largest absolute Gasteiger partial charge is 0.337 e. The number of amides is 1. The predicted molar refractivity (Wildman–Crippen MR) is 91.6 cm³/mol. The maximum Gasteiger partial charge on any atom is 0.258 e. The van der Waals surface area contributed by atoms with E-state index in [-0.39, 0.29) is 11.8 Å². The molecule has 0 saturated carbocycles. The molecule has 0 aliphatic carbocycles. The van der Waals surface area contributed by atoms with Gasteiger partial charge in [0.05, 0.1) is 6.54 Å². The second-order valence-corrected chi connectivity index (χ2v) is 7.06. The average Bonchev–Trinajstić information content (AvgIpc) is 3.30. The standard InChI is InChI=1S/C18H17N3O2S/c1-12-5-2-3-7-15(12)18-19-17(20-23-18)13-9-16(22)21(10-13)11-14-6-4-8-24-14/h2-8,13H,9-11H2,1H3/t13-/m1/s1. The lowest BCUT2D eigenvalue weighted by atomic mass is 10.1. The van der Waals surface area contributed by atoms with Gasteiger partial charge in [0.2, 0.25) is 5.91 Å². The summed E-state index contributed by atoms with van der Waals surface area (Å²) in [7, 11) is 0. The molecule has 2 aromatic heterocycles. The molecule has 3 heterocycles. The molecule has 1 amide bonds. The maximum absolute atomic E-state index is 12.3. The van der Waals surface area contributed by atoms with E-state index in [0.29, 0.717) is 31.2 Å². The zero-order chi connectivity index (χ0) is 16.5. The summed E-state index contributed by atoms with van der Waals surface area (Å²) in [5, 5.41) is 6.15. The van der Waals surface area contributed by atoms with Crippen molar-refractivity contribution >= 4 is 17.2 Å². The summed E-state index contributed by atoms with van der Waals surface area (Å²) in [6, 6.07) is 12.0. The molecule has 3 aromatic rings. The number of carbonyl (C=O) groups is 1. The Bertz CT molecular complexity index is 857. The maximum atomic E-state index is 12.3. The molecule has 1 aliphatic heterocycles. The highest BCUT2D eigenvalue weighted by atomic mass is 32.1. The fraction of sp³-hybridized carbons (Fsp3) is 0.278. The number of carbonyl (C=O) groups excluding carboxylic acids is 1. The van der Waals surface area contributed by atoms with Crippen LogP contribution in [-0.4, -0.2) is 27.5 Å². The van der Waals surface area contributed by atoms with E-state index in [0.717, 1.165) is 11.1 Å². The van der Waals surface area contributed by atoms with Crippen molar-refractivity contribution in [1.82, 2.24) is 15.0 Å². The summed E-state index contributed by atoms with van der Waals surface area (Å²) in [6.45, 7) is 3.32. The third-order valence-corrected chi connectivity index (χ3v) is 5.18. The predicted octanol–water partition coefficient (Wildman–Crippen LogP) is 3.62. The van der Waals surface area contributed by atoms with E-state index in [9.17, 15) is 4.79 Å². The van der Waals surface area contributed by atoms with Gasteiger partial charge in [-0.3, -0.25) is 4.79 Å². The van der Waals surface area contributed by atoms with Crippen LogP contribution in [0.5, 0.6) is 0 Å². The van der Waals surface area contributed by atoms with Gasteiger partial charge < -0.3 is 9.42 Å². The van der Waals surface area contributed by atoms with Crippen molar-refractivity contribution in [2.45, 2.75) is 25.8 Å². The van der Waals surface area contributed by atoms with Crippen LogP contribution >= 0.6 is 11.3 Å². The van der Waals surface area contributed by atoms with Crippen molar-refractivity contribution in [2.24, 2.45) is 0 Å². The van der Waals surface area contributed by atoms with Gasteiger partial charge in [-0.1, -0.05) is 29.4 Å². The van der Waals surface area contributed by atoms with Gasteiger partial charge in [0, 0.05) is 29.3 Å². The Hall–Kier alpha value is -2.47. The van der Waals surface area contributed by atoms with Crippen molar-refractivity contribution in [3.05, 3.63) is 58.0 Å². The highest BCUT2D eigenvalue weighted by Gasteiger charge is 2.33. The average molecular weight is 339 g/mol. The van der Waals surface area contributed by atoms with E-state index in [1.165, 1.54) is 4.88 Å². The number of rotatable bonds is 4. The van der Waals surface area contributed by atoms with Crippen LogP contribution in [0.25, 0.3) is 11.5 Å². The Balaban J connectivity index is 1.51. The summed E-state index contributed by atoms with van der Waals surface area (Å²) in [5.74, 6) is 1.29. The minimum Gasteiger partial charge on any atom is -0.337 e. The topological polar surface area (TPSA) is 59.2 Å². The van der Waals surface area contributed by atoms with Crippen molar-refractivity contribution in [3.8, 4) is 11.5 Å². The van der Waals surface area contributed by atoms with Crippen molar-refractivity contribution in [1.29, 1.82) is 0 Å². The number of nitrogens with zero attached hydrogens (tertiary/aromatic N) is 3. The van der Waals surface area contributed by atoms with Crippen LogP contribution in [0.4, 0.5) is 0 Å². The van der Waals surface area contributed by atoms with E-state index in [2.05, 4.69) is 16.2 Å². The van der Waals surface area contributed by atoms with Gasteiger partial charge in [0.25, 0.3) is 5.89 Å². The Labute approximate surface area is 143 Å². The molecule has 5 nitrogen and oxygen atoms in total. The van der Waals surface area contributed by atoms with Crippen molar-refractivity contribution in [3.63, 3.8) is 0 Å². The molecular formula is C18H17N3O2S. The van der Waals surface area contributed by atoms with Gasteiger partial charge in [-0.15, -0.1) is 11.3 Å². The van der Waals surface area contributed by atoms with Crippen molar-refractivity contribution in [2.75, 3.05) is 6.54 Å². The molecule has 1 atom stereocenters. The fourth-order valence-corrected chi connectivity index (χ4v) is 3.73. The smallest absolute Gasteiger partial charge is 0.258 e. The minimum atomic E-state index is -0.000944. The Morgan fingerprint density at radius 1 is 1.29 bits per heavy atom. The van der Waals surface area contributed by atoms with Crippen LogP contribution in [0.1, 0.15) is 28.6 Å². The molecule has 24 heavy (non-hydrogen) atoms. The first-order chi connectivity index (χ1) is 11.7. The molecule has 1 fully saturated rings. The van der Waals surface area contributed by atoms with Crippen LogP contribution in [0.2, 0.25) is 0 Å². The molecule has 1 aliphatic rings. The number of benzene rings is 1. The molecule has 1 saturated heterocycles. The lowest BCUT2D eigenvalue weighted by Gasteiger charge is -2.14. The molecule has 0 unspecified atom stereocenters. The highest BCUT2D eigenvalue weighted by molar-refractivity contribution is 7.09. The van der Waals surface area contributed by atoms with E-state index >= 15 is 0 Å². The van der Waals surface area contributed by atoms with Gasteiger partial charge >= 0.3 is 0 Å². The van der Waals surface area contributed by atoms with Crippen LogP contribution in [0, 0.1) is 6.92 Å². The molecule has 0 radical (unpaired) electrons. The normalized spacial score (nSPS) is 17.6. The highest BCUT2D eigenvalue weighted by Crippen LogP contribution is 2.30. The molecule has 122 valence electrons. The monoisotopic (exact) mass is 339 g/mol. The van der Waals surface area contributed by atoms with E-state index in [1.54, 1.807) is 11.3 Å². The summed E-state index contributed by atoms with van der Waals surface area (Å²) in [5.41, 5.74) is 2.03. The first-order valence-corrected chi connectivity index (χ1v) is 8.78. The molecule has 6 heteroatoms. The Morgan fingerprint density at radius 3 is 2.96 bits per heavy atom. The van der Waals surface area contributed by atoms with Crippen LogP contribution in [0.3, 0.4) is 0 Å². The number of thiophene rings is 1. The van der Waals surface area contributed by atoms with Gasteiger partial charge in [0.15, 0.2) is 5.82 Å². The summed E-state index contributed by atoms with van der Waals surface area (Å²) in [4.78, 5) is 19.9. The zero-order valence-corrected chi connectivity index (χ0v) is 14.1. The first-order valence-electron chi connectivity index (χ1n) is 7.90. The number of likely N-dealkylation sites (tertiary alicyclic amines) is 1. The van der Waals surface area contributed by atoms with Crippen molar-refractivity contribution < 1.29 is 9.32 Å². The second kappa shape index (κ2) is 6.20. The molecule has 0 N–H and O–H groups in total. The fourth-order valence-electron chi connectivity index (χ4n) is 3.01. The van der Waals surface area contributed by atoms with Gasteiger partial charge in [-0.25, -0.2) is 0 Å². The van der Waals surface area contributed by atoms with Gasteiger partial charge in [-0.2, -0.15) is 4.98 Å². The van der Waals surface area contributed by atoms with E-state index < -0.39 is 0 Å². The molecule has 1 aromatic carbocycles. The summed E-state index contributed by atoms with van der Waals surface area (Å²) >= 11 is 1.67. The lowest BCUT2D eigenvalue weighted by molar-refractivity contribution is -0.128. The zero-order valence-electron chi connectivity index (χ0n) is 13.3. The third kappa shape index (κ3) is 2.85. The number of aryl methyl sites for hydroxylation is 1. The SMILES string of the molecule is Cc1ccccc1-c1nc([C@@H]2CC(=O)N(Cc3cccs3)C2)no1. The minimum absolute atomic E-state index is 0.000944. The van der Waals surface area contributed by atoms with E-state index in [4.69, 9.17) is 4.52 Å². The first kappa shape index (κ1) is 15.1. The quantitative estimate of drug-likeness (QED) is 0.728. The third-order valence-electron chi connectivity index (χ3n) is 4.32.